The maximum atomic E-state index is 12.7. The third kappa shape index (κ3) is 3.54. The number of carbonyl (C=O) groups is 1. The SMILES string of the molecule is COc1cc(C(=O)Nc2nc3cc(C)cc(C)c3s2)c([N+](=O)[O-])cc1OC. The molecular weight excluding hydrogens is 370 g/mol. The van der Waals surface area contributed by atoms with Gasteiger partial charge in [0.05, 0.1) is 35.4 Å². The van der Waals surface area contributed by atoms with Crippen LogP contribution in [-0.2, 0) is 0 Å². The van der Waals surface area contributed by atoms with Crippen molar-refractivity contribution in [1.82, 2.24) is 4.98 Å². The standard InChI is InChI=1S/C18H17N3O5S/c1-9-5-10(2)16-12(6-9)19-18(27-16)20-17(22)11-7-14(25-3)15(26-4)8-13(11)21(23)24/h5-8H,1-4H3,(H,19,20,22). The van der Waals surface area contributed by atoms with Crippen LogP contribution in [0.5, 0.6) is 11.5 Å². The van der Waals surface area contributed by atoms with E-state index in [0.717, 1.165) is 21.3 Å². The van der Waals surface area contributed by atoms with Gasteiger partial charge in [0.15, 0.2) is 16.6 Å². The van der Waals surface area contributed by atoms with E-state index < -0.39 is 10.8 Å². The lowest BCUT2D eigenvalue weighted by molar-refractivity contribution is -0.385. The van der Waals surface area contributed by atoms with Crippen LogP contribution in [0.25, 0.3) is 10.2 Å². The molecule has 9 heteroatoms. The quantitative estimate of drug-likeness (QED) is 0.522. The van der Waals surface area contributed by atoms with Crippen molar-refractivity contribution < 1.29 is 19.2 Å². The molecule has 0 unspecified atom stereocenters. The van der Waals surface area contributed by atoms with Gasteiger partial charge >= 0.3 is 0 Å². The second-order valence-corrected chi connectivity index (χ2v) is 6.88. The molecule has 0 radical (unpaired) electrons. The van der Waals surface area contributed by atoms with Crippen LogP contribution in [0.3, 0.4) is 0 Å². The fourth-order valence-electron chi connectivity index (χ4n) is 2.80. The number of aromatic nitrogens is 1. The average molecular weight is 387 g/mol. The molecule has 0 fully saturated rings. The summed E-state index contributed by atoms with van der Waals surface area (Å²) in [6, 6.07) is 6.41. The summed E-state index contributed by atoms with van der Waals surface area (Å²) in [4.78, 5) is 27.9. The number of rotatable bonds is 5. The van der Waals surface area contributed by atoms with Gasteiger partial charge in [-0.05, 0) is 31.0 Å². The van der Waals surface area contributed by atoms with Crippen molar-refractivity contribution >= 4 is 38.3 Å². The molecule has 1 aromatic heterocycles. The van der Waals surface area contributed by atoms with Crippen molar-refractivity contribution in [2.45, 2.75) is 13.8 Å². The Bertz CT molecular complexity index is 1060. The number of nitrogens with one attached hydrogen (secondary N) is 1. The normalized spacial score (nSPS) is 10.7. The zero-order valence-electron chi connectivity index (χ0n) is 15.2. The molecular formula is C18H17N3O5S. The van der Waals surface area contributed by atoms with Gasteiger partial charge < -0.3 is 9.47 Å². The molecule has 2 aromatic carbocycles. The first-order chi connectivity index (χ1) is 12.8. The first kappa shape index (κ1) is 18.6. The fourth-order valence-corrected chi connectivity index (χ4v) is 3.71. The molecule has 8 nitrogen and oxygen atoms in total. The number of fused-ring (bicyclic) bond motifs is 1. The molecule has 0 aliphatic rings. The molecule has 0 bridgehead atoms. The Morgan fingerprint density at radius 2 is 1.81 bits per heavy atom. The number of nitro benzene ring substituents is 1. The number of anilines is 1. The molecule has 0 aliphatic heterocycles. The van der Waals surface area contributed by atoms with E-state index in [4.69, 9.17) is 9.47 Å². The fraction of sp³-hybridized carbons (Fsp3) is 0.222. The molecule has 1 N–H and O–H groups in total. The van der Waals surface area contributed by atoms with E-state index >= 15 is 0 Å². The average Bonchev–Trinajstić information content (AvgIpc) is 3.02. The number of hydrogen-bond donors (Lipinski definition) is 1. The van der Waals surface area contributed by atoms with Crippen molar-refractivity contribution in [2.24, 2.45) is 0 Å². The van der Waals surface area contributed by atoms with Gasteiger partial charge in [-0.15, -0.1) is 0 Å². The Hall–Kier alpha value is -3.20. The zero-order valence-corrected chi connectivity index (χ0v) is 16.0. The number of nitrogens with zero attached hydrogens (tertiary/aromatic N) is 2. The minimum Gasteiger partial charge on any atom is -0.493 e. The minimum absolute atomic E-state index is 0.134. The van der Waals surface area contributed by atoms with Gasteiger partial charge in [0.25, 0.3) is 11.6 Å². The van der Waals surface area contributed by atoms with Crippen LogP contribution in [0.1, 0.15) is 21.5 Å². The molecule has 3 aromatic rings. The highest BCUT2D eigenvalue weighted by Gasteiger charge is 2.25. The summed E-state index contributed by atoms with van der Waals surface area (Å²) >= 11 is 1.32. The topological polar surface area (TPSA) is 104 Å². The molecule has 1 amide bonds. The van der Waals surface area contributed by atoms with E-state index in [1.54, 1.807) is 0 Å². The van der Waals surface area contributed by atoms with Crippen molar-refractivity contribution in [3.8, 4) is 11.5 Å². The maximum Gasteiger partial charge on any atom is 0.286 e. The molecule has 140 valence electrons. The van der Waals surface area contributed by atoms with Gasteiger partial charge in [-0.3, -0.25) is 20.2 Å². The van der Waals surface area contributed by atoms with Crippen molar-refractivity contribution in [3.05, 3.63) is 51.1 Å². The highest BCUT2D eigenvalue weighted by Crippen LogP contribution is 2.35. The Labute approximate surface area is 158 Å². The van der Waals surface area contributed by atoms with Gasteiger partial charge in [-0.2, -0.15) is 0 Å². The Morgan fingerprint density at radius 1 is 1.15 bits per heavy atom. The molecule has 1 heterocycles. The Morgan fingerprint density at radius 3 is 2.44 bits per heavy atom. The van der Waals surface area contributed by atoms with Gasteiger partial charge in [0.2, 0.25) is 0 Å². The third-order valence-corrected chi connectivity index (χ3v) is 5.11. The number of methoxy groups -OCH3 is 2. The van der Waals surface area contributed by atoms with Crippen LogP contribution >= 0.6 is 11.3 Å². The molecule has 3 rings (SSSR count). The monoisotopic (exact) mass is 387 g/mol. The molecule has 0 atom stereocenters. The molecule has 0 aliphatic carbocycles. The van der Waals surface area contributed by atoms with E-state index in [2.05, 4.69) is 10.3 Å². The predicted octanol–water partition coefficient (Wildman–Crippen LogP) is 4.09. The van der Waals surface area contributed by atoms with Crippen LogP contribution in [0.2, 0.25) is 0 Å². The van der Waals surface area contributed by atoms with Crippen LogP contribution < -0.4 is 14.8 Å². The minimum atomic E-state index is -0.643. The lowest BCUT2D eigenvalue weighted by Gasteiger charge is -2.10. The number of nitro groups is 1. The van der Waals surface area contributed by atoms with E-state index in [1.807, 2.05) is 26.0 Å². The van der Waals surface area contributed by atoms with Gasteiger partial charge in [-0.1, -0.05) is 17.4 Å². The van der Waals surface area contributed by atoms with Crippen molar-refractivity contribution in [1.29, 1.82) is 0 Å². The van der Waals surface area contributed by atoms with Crippen LogP contribution in [-0.4, -0.2) is 30.0 Å². The van der Waals surface area contributed by atoms with E-state index in [1.165, 1.54) is 37.7 Å². The van der Waals surface area contributed by atoms with Gasteiger partial charge in [0, 0.05) is 6.07 Å². The Balaban J connectivity index is 2.01. The van der Waals surface area contributed by atoms with E-state index in [0.29, 0.717) is 5.13 Å². The van der Waals surface area contributed by atoms with E-state index in [9.17, 15) is 14.9 Å². The number of amides is 1. The number of aryl methyl sites for hydroxylation is 2. The largest absolute Gasteiger partial charge is 0.493 e. The lowest BCUT2D eigenvalue weighted by Crippen LogP contribution is -2.14. The third-order valence-electron chi connectivity index (χ3n) is 3.98. The Kier molecular flexibility index (Phi) is 4.95. The summed E-state index contributed by atoms with van der Waals surface area (Å²) in [6.45, 7) is 3.94. The predicted molar refractivity (Wildman–Crippen MR) is 103 cm³/mol. The summed E-state index contributed by atoms with van der Waals surface area (Å²) in [5, 5.41) is 14.4. The van der Waals surface area contributed by atoms with Crippen molar-refractivity contribution in [2.75, 3.05) is 19.5 Å². The van der Waals surface area contributed by atoms with Crippen LogP contribution in [0, 0.1) is 24.0 Å². The first-order valence-corrected chi connectivity index (χ1v) is 8.75. The smallest absolute Gasteiger partial charge is 0.286 e. The highest BCUT2D eigenvalue weighted by atomic mass is 32.1. The summed E-state index contributed by atoms with van der Waals surface area (Å²) < 4.78 is 11.2. The van der Waals surface area contributed by atoms with E-state index in [-0.39, 0.29) is 22.7 Å². The lowest BCUT2D eigenvalue weighted by atomic mass is 10.1. The number of benzene rings is 2. The number of hydrogen-bond acceptors (Lipinski definition) is 7. The van der Waals surface area contributed by atoms with Gasteiger partial charge in [-0.25, -0.2) is 4.98 Å². The second kappa shape index (κ2) is 7.20. The molecule has 0 saturated carbocycles. The summed E-state index contributed by atoms with van der Waals surface area (Å²) in [5.74, 6) is -0.244. The second-order valence-electron chi connectivity index (χ2n) is 5.88. The first-order valence-electron chi connectivity index (χ1n) is 7.93. The molecule has 0 saturated heterocycles. The van der Waals surface area contributed by atoms with Crippen LogP contribution in [0.15, 0.2) is 24.3 Å². The summed E-state index contributed by atoms with van der Waals surface area (Å²) in [7, 11) is 2.76. The number of ether oxygens (including phenoxy) is 2. The number of carbonyl (C=O) groups excluding carboxylic acids is 1. The maximum absolute atomic E-state index is 12.7. The zero-order chi connectivity index (χ0) is 19.7. The van der Waals surface area contributed by atoms with Crippen LogP contribution in [0.4, 0.5) is 10.8 Å². The highest BCUT2D eigenvalue weighted by molar-refractivity contribution is 7.22. The molecule has 0 spiro atoms. The molecule has 27 heavy (non-hydrogen) atoms. The van der Waals surface area contributed by atoms with Gasteiger partial charge in [0.1, 0.15) is 5.56 Å². The van der Waals surface area contributed by atoms with Crippen molar-refractivity contribution in [3.63, 3.8) is 0 Å². The summed E-state index contributed by atoms with van der Waals surface area (Å²) in [6.07, 6.45) is 0. The summed E-state index contributed by atoms with van der Waals surface area (Å²) in [5.41, 5.74) is 2.39. The number of thiazole rings is 1.